The van der Waals surface area contributed by atoms with Crippen LogP contribution in [0.25, 0.3) is 0 Å². The summed E-state index contributed by atoms with van der Waals surface area (Å²) in [6.45, 7) is 5.41. The maximum atomic E-state index is 12.9. The molecule has 5 nitrogen and oxygen atoms in total. The molecule has 3 aromatic carbocycles. The summed E-state index contributed by atoms with van der Waals surface area (Å²) in [5.74, 6) is -1.42. The van der Waals surface area contributed by atoms with E-state index in [0.717, 1.165) is 28.8 Å². The molecule has 0 bridgehead atoms. The second-order valence-corrected chi connectivity index (χ2v) is 7.33. The number of para-hydroxylation sites is 1. The van der Waals surface area contributed by atoms with E-state index in [1.807, 2.05) is 51.1 Å². The van der Waals surface area contributed by atoms with Crippen LogP contribution in [0.3, 0.4) is 0 Å². The molecule has 0 aliphatic rings. The Hall–Kier alpha value is -3.73. The fourth-order valence-electron chi connectivity index (χ4n) is 3.31. The van der Waals surface area contributed by atoms with Crippen LogP contribution in [0.5, 0.6) is 0 Å². The van der Waals surface area contributed by atoms with E-state index in [1.54, 1.807) is 30.3 Å². The number of carbonyl (C=O) groups excluding carboxylic acids is 3. The smallest absolute Gasteiger partial charge is 0.339 e. The number of rotatable bonds is 7. The normalized spacial score (nSPS) is 10.4. The van der Waals surface area contributed by atoms with Gasteiger partial charge in [0.05, 0.1) is 5.56 Å². The molecule has 0 fully saturated rings. The number of benzene rings is 3. The Bertz CT molecular complexity index is 1120. The average molecular weight is 415 g/mol. The molecule has 0 saturated carbocycles. The lowest BCUT2D eigenvalue weighted by atomic mass is 9.98. The van der Waals surface area contributed by atoms with Crippen LogP contribution in [0.15, 0.2) is 66.7 Å². The minimum absolute atomic E-state index is 0.131. The van der Waals surface area contributed by atoms with Gasteiger partial charge in [-0.3, -0.25) is 9.59 Å². The van der Waals surface area contributed by atoms with Crippen LogP contribution in [0.4, 0.5) is 5.69 Å². The lowest BCUT2D eigenvalue weighted by molar-refractivity contribution is -0.119. The van der Waals surface area contributed by atoms with E-state index in [2.05, 4.69) is 5.32 Å². The highest BCUT2D eigenvalue weighted by Crippen LogP contribution is 2.21. The molecule has 0 spiro atoms. The third-order valence-electron chi connectivity index (χ3n) is 5.04. The summed E-state index contributed by atoms with van der Waals surface area (Å²) in [6.07, 6.45) is 0.769. The van der Waals surface area contributed by atoms with Gasteiger partial charge in [0, 0.05) is 16.8 Å². The summed E-state index contributed by atoms with van der Waals surface area (Å²) in [7, 11) is 0. The van der Waals surface area contributed by atoms with E-state index in [0.29, 0.717) is 5.56 Å². The summed E-state index contributed by atoms with van der Waals surface area (Å²) in [5.41, 5.74) is 4.57. The Morgan fingerprint density at radius 3 is 2.19 bits per heavy atom. The highest BCUT2D eigenvalue weighted by Gasteiger charge is 2.20. The molecule has 3 rings (SSSR count). The Balaban J connectivity index is 1.71. The van der Waals surface area contributed by atoms with Gasteiger partial charge in [0.1, 0.15) is 0 Å². The molecule has 0 radical (unpaired) electrons. The van der Waals surface area contributed by atoms with Gasteiger partial charge in [0.15, 0.2) is 12.4 Å². The summed E-state index contributed by atoms with van der Waals surface area (Å²) in [6, 6.07) is 19.4. The van der Waals surface area contributed by atoms with E-state index in [-0.39, 0.29) is 16.9 Å². The molecule has 0 saturated heterocycles. The van der Waals surface area contributed by atoms with Crippen LogP contribution >= 0.6 is 0 Å². The van der Waals surface area contributed by atoms with Crippen molar-refractivity contribution in [1.29, 1.82) is 0 Å². The molecule has 31 heavy (non-hydrogen) atoms. The molecule has 1 N–H and O–H groups in total. The summed E-state index contributed by atoms with van der Waals surface area (Å²) in [5, 5.41) is 2.82. The molecular formula is C26H25NO4. The van der Waals surface area contributed by atoms with Crippen molar-refractivity contribution in [3.63, 3.8) is 0 Å². The van der Waals surface area contributed by atoms with Gasteiger partial charge in [-0.1, -0.05) is 73.2 Å². The molecule has 0 aromatic heterocycles. The Kier molecular flexibility index (Phi) is 6.98. The van der Waals surface area contributed by atoms with Crippen LogP contribution < -0.4 is 5.32 Å². The zero-order valence-electron chi connectivity index (χ0n) is 17.9. The molecular weight excluding hydrogens is 390 g/mol. The van der Waals surface area contributed by atoms with Crippen molar-refractivity contribution in [3.8, 4) is 0 Å². The fraction of sp³-hybridized carbons (Fsp3) is 0.192. The largest absolute Gasteiger partial charge is 0.452 e. The van der Waals surface area contributed by atoms with E-state index in [4.69, 9.17) is 4.74 Å². The van der Waals surface area contributed by atoms with Crippen molar-refractivity contribution < 1.29 is 19.1 Å². The first kappa shape index (κ1) is 22.0. The topological polar surface area (TPSA) is 72.5 Å². The third kappa shape index (κ3) is 5.25. The first-order valence-electron chi connectivity index (χ1n) is 10.2. The van der Waals surface area contributed by atoms with E-state index in [9.17, 15) is 14.4 Å². The quantitative estimate of drug-likeness (QED) is 0.440. The van der Waals surface area contributed by atoms with Crippen LogP contribution in [-0.4, -0.2) is 24.3 Å². The van der Waals surface area contributed by atoms with Crippen molar-refractivity contribution in [1.82, 2.24) is 0 Å². The summed E-state index contributed by atoms with van der Waals surface area (Å²) in [4.78, 5) is 37.9. The van der Waals surface area contributed by atoms with E-state index < -0.39 is 18.5 Å². The minimum Gasteiger partial charge on any atom is -0.452 e. The number of aryl methyl sites for hydroxylation is 3. The zero-order valence-corrected chi connectivity index (χ0v) is 17.9. The van der Waals surface area contributed by atoms with E-state index in [1.165, 1.54) is 6.07 Å². The lowest BCUT2D eigenvalue weighted by Crippen LogP contribution is -2.23. The van der Waals surface area contributed by atoms with Crippen LogP contribution in [0, 0.1) is 13.8 Å². The van der Waals surface area contributed by atoms with Gasteiger partial charge in [0.2, 0.25) is 0 Å². The molecule has 0 aliphatic heterocycles. The van der Waals surface area contributed by atoms with Crippen molar-refractivity contribution in [2.75, 3.05) is 11.9 Å². The number of anilines is 1. The number of carbonyl (C=O) groups is 3. The second kappa shape index (κ2) is 9.85. The molecule has 3 aromatic rings. The lowest BCUT2D eigenvalue weighted by Gasteiger charge is -2.13. The number of ketones is 1. The van der Waals surface area contributed by atoms with Crippen molar-refractivity contribution in [2.45, 2.75) is 27.2 Å². The summed E-state index contributed by atoms with van der Waals surface area (Å²) < 4.78 is 5.22. The fourth-order valence-corrected chi connectivity index (χ4v) is 3.31. The number of amides is 1. The van der Waals surface area contributed by atoms with Gasteiger partial charge in [0.25, 0.3) is 5.91 Å². The first-order chi connectivity index (χ1) is 14.9. The van der Waals surface area contributed by atoms with E-state index >= 15 is 0 Å². The monoisotopic (exact) mass is 415 g/mol. The van der Waals surface area contributed by atoms with Crippen molar-refractivity contribution >= 4 is 23.3 Å². The summed E-state index contributed by atoms with van der Waals surface area (Å²) >= 11 is 0. The Morgan fingerprint density at radius 1 is 0.839 bits per heavy atom. The van der Waals surface area contributed by atoms with Gasteiger partial charge in [-0.2, -0.15) is 0 Å². The van der Waals surface area contributed by atoms with Gasteiger partial charge in [-0.15, -0.1) is 0 Å². The number of nitrogens with one attached hydrogen (secondary N) is 1. The molecule has 0 heterocycles. The van der Waals surface area contributed by atoms with Gasteiger partial charge >= 0.3 is 5.97 Å². The van der Waals surface area contributed by atoms with Gasteiger partial charge in [-0.05, 0) is 37.5 Å². The highest BCUT2D eigenvalue weighted by molar-refractivity contribution is 6.14. The number of ether oxygens (including phenoxy) is 1. The SMILES string of the molecule is CCc1cccc(C)c1NC(=O)COC(=O)c1ccccc1C(=O)c1ccc(C)cc1. The van der Waals surface area contributed by atoms with Crippen LogP contribution in [-0.2, 0) is 16.0 Å². The maximum Gasteiger partial charge on any atom is 0.339 e. The second-order valence-electron chi connectivity index (χ2n) is 7.33. The van der Waals surface area contributed by atoms with Crippen molar-refractivity contribution in [3.05, 3.63) is 100 Å². The number of hydrogen-bond acceptors (Lipinski definition) is 4. The molecule has 5 heteroatoms. The molecule has 0 unspecified atom stereocenters. The van der Waals surface area contributed by atoms with Crippen LogP contribution in [0.1, 0.15) is 49.9 Å². The number of hydrogen-bond donors (Lipinski definition) is 1. The van der Waals surface area contributed by atoms with Crippen molar-refractivity contribution in [2.24, 2.45) is 0 Å². The minimum atomic E-state index is -0.716. The highest BCUT2D eigenvalue weighted by atomic mass is 16.5. The number of esters is 1. The van der Waals surface area contributed by atoms with Gasteiger partial charge < -0.3 is 10.1 Å². The maximum absolute atomic E-state index is 12.9. The molecule has 0 atom stereocenters. The average Bonchev–Trinajstić information content (AvgIpc) is 2.79. The molecule has 158 valence electrons. The standard InChI is InChI=1S/C26H25NO4/c1-4-19-9-7-8-18(3)24(19)27-23(28)16-31-26(30)22-11-6-5-10-21(22)25(29)20-14-12-17(2)13-15-20/h5-15H,4,16H2,1-3H3,(H,27,28). The predicted octanol–water partition coefficient (Wildman–Crippen LogP) is 4.89. The molecule has 1 amide bonds. The van der Waals surface area contributed by atoms with Gasteiger partial charge in [-0.25, -0.2) is 4.79 Å². The first-order valence-corrected chi connectivity index (χ1v) is 10.2. The Labute approximate surface area is 182 Å². The Morgan fingerprint density at radius 2 is 1.52 bits per heavy atom. The molecule has 0 aliphatic carbocycles. The zero-order chi connectivity index (χ0) is 22.4. The van der Waals surface area contributed by atoms with Crippen LogP contribution in [0.2, 0.25) is 0 Å². The third-order valence-corrected chi connectivity index (χ3v) is 5.04. The predicted molar refractivity (Wildman–Crippen MR) is 121 cm³/mol.